The van der Waals surface area contributed by atoms with Gasteiger partial charge in [0.25, 0.3) is 0 Å². The third kappa shape index (κ3) is 5.38. The average Bonchev–Trinajstić information content (AvgIpc) is 2.39. The summed E-state index contributed by atoms with van der Waals surface area (Å²) in [5, 5.41) is 3.42. The molecule has 0 fully saturated rings. The van der Waals surface area contributed by atoms with E-state index in [1.54, 1.807) is 14.2 Å². The molecule has 18 heavy (non-hydrogen) atoms. The molecule has 1 N–H and O–H groups in total. The van der Waals surface area contributed by atoms with Gasteiger partial charge in [-0.25, -0.2) is 0 Å². The van der Waals surface area contributed by atoms with Gasteiger partial charge in [0.2, 0.25) is 0 Å². The van der Waals surface area contributed by atoms with Gasteiger partial charge >= 0.3 is 0 Å². The summed E-state index contributed by atoms with van der Waals surface area (Å²) in [6, 6.07) is 8.27. The van der Waals surface area contributed by atoms with Crippen molar-refractivity contribution >= 4 is 5.69 Å². The van der Waals surface area contributed by atoms with Gasteiger partial charge in [-0.2, -0.15) is 0 Å². The van der Waals surface area contributed by atoms with E-state index < -0.39 is 0 Å². The highest BCUT2D eigenvalue weighted by atomic mass is 16.5. The molecule has 0 heterocycles. The van der Waals surface area contributed by atoms with Crippen LogP contribution in [0.4, 0.5) is 5.69 Å². The maximum atomic E-state index is 5.57. The van der Waals surface area contributed by atoms with Gasteiger partial charge in [0.15, 0.2) is 0 Å². The summed E-state index contributed by atoms with van der Waals surface area (Å²) in [6.45, 7) is 4.00. The fourth-order valence-electron chi connectivity index (χ4n) is 1.62. The largest absolute Gasteiger partial charge is 0.491 e. The highest BCUT2D eigenvalue weighted by Crippen LogP contribution is 2.18. The first-order valence-electron chi connectivity index (χ1n) is 6.27. The minimum absolute atomic E-state index is 0.323. The van der Waals surface area contributed by atoms with Crippen LogP contribution in [-0.2, 0) is 9.47 Å². The summed E-state index contributed by atoms with van der Waals surface area (Å²) in [5.41, 5.74) is 1.05. The van der Waals surface area contributed by atoms with Gasteiger partial charge < -0.3 is 19.5 Å². The molecule has 1 atom stereocenters. The molecule has 0 aromatic heterocycles. The van der Waals surface area contributed by atoms with E-state index in [2.05, 4.69) is 12.2 Å². The van der Waals surface area contributed by atoms with Crippen molar-refractivity contribution in [1.29, 1.82) is 0 Å². The van der Waals surface area contributed by atoms with E-state index in [1.807, 2.05) is 24.3 Å². The van der Waals surface area contributed by atoms with Crippen LogP contribution >= 0.6 is 0 Å². The SMILES string of the molecule is CCC(COC)Nc1cccc(OCCOC)c1. The summed E-state index contributed by atoms with van der Waals surface area (Å²) >= 11 is 0. The van der Waals surface area contributed by atoms with Gasteiger partial charge in [-0.15, -0.1) is 0 Å². The molecule has 1 rings (SSSR count). The molecule has 0 aliphatic rings. The molecule has 0 spiro atoms. The third-order valence-corrected chi connectivity index (χ3v) is 2.62. The molecular formula is C14H23NO3. The molecule has 0 bridgehead atoms. The topological polar surface area (TPSA) is 39.7 Å². The number of benzene rings is 1. The highest BCUT2D eigenvalue weighted by molar-refractivity contribution is 5.48. The summed E-state index contributed by atoms with van der Waals surface area (Å²) < 4.78 is 15.7. The van der Waals surface area contributed by atoms with Crippen LogP contribution in [0.5, 0.6) is 5.75 Å². The smallest absolute Gasteiger partial charge is 0.121 e. The standard InChI is InChI=1S/C14H23NO3/c1-4-12(11-17-3)15-13-6-5-7-14(10-13)18-9-8-16-2/h5-7,10,12,15H,4,8-9,11H2,1-3H3. The number of nitrogens with one attached hydrogen (secondary N) is 1. The Morgan fingerprint density at radius 2 is 2.00 bits per heavy atom. The Morgan fingerprint density at radius 3 is 2.67 bits per heavy atom. The van der Waals surface area contributed by atoms with Crippen molar-refractivity contribution in [1.82, 2.24) is 0 Å². The molecular weight excluding hydrogens is 230 g/mol. The van der Waals surface area contributed by atoms with Crippen LogP contribution < -0.4 is 10.1 Å². The zero-order chi connectivity index (χ0) is 13.2. The van der Waals surface area contributed by atoms with Crippen LogP contribution in [0.25, 0.3) is 0 Å². The lowest BCUT2D eigenvalue weighted by atomic mass is 10.2. The predicted molar refractivity (Wildman–Crippen MR) is 73.4 cm³/mol. The third-order valence-electron chi connectivity index (χ3n) is 2.62. The van der Waals surface area contributed by atoms with Gasteiger partial charge in [0.1, 0.15) is 12.4 Å². The van der Waals surface area contributed by atoms with E-state index >= 15 is 0 Å². The molecule has 1 aromatic carbocycles. The van der Waals surface area contributed by atoms with Crippen LogP contribution in [0.3, 0.4) is 0 Å². The maximum Gasteiger partial charge on any atom is 0.121 e. The molecule has 0 amide bonds. The Labute approximate surface area is 109 Å². The first kappa shape index (κ1) is 14.8. The first-order valence-corrected chi connectivity index (χ1v) is 6.27. The number of anilines is 1. The number of hydrogen-bond donors (Lipinski definition) is 1. The second-order valence-corrected chi connectivity index (χ2v) is 4.07. The minimum atomic E-state index is 0.323. The second-order valence-electron chi connectivity index (χ2n) is 4.07. The number of rotatable bonds is 9. The van der Waals surface area contributed by atoms with Crippen molar-refractivity contribution in [3.63, 3.8) is 0 Å². The number of methoxy groups -OCH3 is 2. The van der Waals surface area contributed by atoms with E-state index in [-0.39, 0.29) is 0 Å². The Hall–Kier alpha value is -1.26. The lowest BCUT2D eigenvalue weighted by Gasteiger charge is -2.17. The van der Waals surface area contributed by atoms with E-state index in [0.717, 1.165) is 17.9 Å². The van der Waals surface area contributed by atoms with E-state index in [4.69, 9.17) is 14.2 Å². The molecule has 4 heteroatoms. The van der Waals surface area contributed by atoms with Crippen LogP contribution in [0.2, 0.25) is 0 Å². The lowest BCUT2D eigenvalue weighted by Crippen LogP contribution is -2.23. The van der Waals surface area contributed by atoms with Crippen molar-refractivity contribution in [3.05, 3.63) is 24.3 Å². The number of ether oxygens (including phenoxy) is 3. The Bertz CT molecular complexity index is 331. The molecule has 1 unspecified atom stereocenters. The van der Waals surface area contributed by atoms with Crippen molar-refractivity contribution in [2.45, 2.75) is 19.4 Å². The van der Waals surface area contributed by atoms with Gasteiger partial charge in [-0.1, -0.05) is 13.0 Å². The first-order chi connectivity index (χ1) is 8.80. The quantitative estimate of drug-likeness (QED) is 0.687. The highest BCUT2D eigenvalue weighted by Gasteiger charge is 2.05. The molecule has 0 aliphatic heterocycles. The molecule has 1 aromatic rings. The van der Waals surface area contributed by atoms with Gasteiger partial charge in [-0.3, -0.25) is 0 Å². The molecule has 102 valence electrons. The molecule has 0 saturated carbocycles. The van der Waals surface area contributed by atoms with Gasteiger partial charge in [-0.05, 0) is 18.6 Å². The fraction of sp³-hybridized carbons (Fsp3) is 0.571. The van der Waals surface area contributed by atoms with Gasteiger partial charge in [0, 0.05) is 32.0 Å². The normalized spacial score (nSPS) is 12.2. The summed E-state index contributed by atoms with van der Waals surface area (Å²) in [6.07, 6.45) is 1.02. The van der Waals surface area contributed by atoms with Crippen molar-refractivity contribution < 1.29 is 14.2 Å². The van der Waals surface area contributed by atoms with Crippen LogP contribution in [0, 0.1) is 0 Å². The average molecular weight is 253 g/mol. The Balaban J connectivity index is 2.52. The Kier molecular flexibility index (Phi) is 7.22. The zero-order valence-electron chi connectivity index (χ0n) is 11.4. The number of hydrogen-bond acceptors (Lipinski definition) is 4. The van der Waals surface area contributed by atoms with Crippen molar-refractivity contribution in [3.8, 4) is 5.75 Å². The van der Waals surface area contributed by atoms with E-state index in [9.17, 15) is 0 Å². The van der Waals surface area contributed by atoms with Crippen LogP contribution in [0.1, 0.15) is 13.3 Å². The van der Waals surface area contributed by atoms with Crippen LogP contribution in [0.15, 0.2) is 24.3 Å². The monoisotopic (exact) mass is 253 g/mol. The maximum absolute atomic E-state index is 5.57. The zero-order valence-corrected chi connectivity index (χ0v) is 11.4. The molecule has 0 aliphatic carbocycles. The predicted octanol–water partition coefficient (Wildman–Crippen LogP) is 2.55. The minimum Gasteiger partial charge on any atom is -0.491 e. The summed E-state index contributed by atoms with van der Waals surface area (Å²) in [5.74, 6) is 0.851. The van der Waals surface area contributed by atoms with Crippen LogP contribution in [-0.4, -0.2) is 40.1 Å². The fourth-order valence-corrected chi connectivity index (χ4v) is 1.62. The van der Waals surface area contributed by atoms with E-state index in [1.165, 1.54) is 0 Å². The second kappa shape index (κ2) is 8.78. The lowest BCUT2D eigenvalue weighted by molar-refractivity contribution is 0.146. The van der Waals surface area contributed by atoms with Gasteiger partial charge in [0.05, 0.1) is 13.2 Å². The molecule has 0 radical (unpaired) electrons. The van der Waals surface area contributed by atoms with Crippen molar-refractivity contribution in [2.24, 2.45) is 0 Å². The van der Waals surface area contributed by atoms with E-state index in [0.29, 0.717) is 25.9 Å². The summed E-state index contributed by atoms with van der Waals surface area (Å²) in [7, 11) is 3.38. The molecule has 4 nitrogen and oxygen atoms in total. The molecule has 0 saturated heterocycles. The Morgan fingerprint density at radius 1 is 1.17 bits per heavy atom. The summed E-state index contributed by atoms with van der Waals surface area (Å²) in [4.78, 5) is 0. The van der Waals surface area contributed by atoms with Crippen molar-refractivity contribution in [2.75, 3.05) is 39.4 Å².